The van der Waals surface area contributed by atoms with Crippen LogP contribution in [0.3, 0.4) is 0 Å². The molecule has 30 heavy (non-hydrogen) atoms. The van der Waals surface area contributed by atoms with Crippen LogP contribution in [0.15, 0.2) is 61.2 Å². The van der Waals surface area contributed by atoms with Crippen LogP contribution in [-0.2, 0) is 13.0 Å². The molecule has 0 radical (unpaired) electrons. The Morgan fingerprint density at radius 2 is 1.90 bits per heavy atom. The summed E-state index contributed by atoms with van der Waals surface area (Å²) in [6.07, 6.45) is 6.19. The SMILES string of the molecule is Oc1ccc2[nH]cc(CCNc3nccc(NCc4ccc5nc[nH]c5c4)n3)c2c1. The highest BCUT2D eigenvalue weighted by atomic mass is 16.3. The number of H-pyrrole nitrogens is 2. The maximum atomic E-state index is 9.72. The van der Waals surface area contributed by atoms with Crippen molar-refractivity contribution in [1.82, 2.24) is 24.9 Å². The van der Waals surface area contributed by atoms with E-state index in [2.05, 4.69) is 47.7 Å². The Hall–Kier alpha value is -4.07. The number of phenolic OH excluding ortho intramolecular Hbond substituents is 1. The quantitative estimate of drug-likeness (QED) is 0.284. The molecule has 0 spiro atoms. The lowest BCUT2D eigenvalue weighted by atomic mass is 10.1. The minimum atomic E-state index is 0.269. The van der Waals surface area contributed by atoms with Gasteiger partial charge < -0.3 is 25.7 Å². The van der Waals surface area contributed by atoms with Gasteiger partial charge in [0.2, 0.25) is 5.95 Å². The highest BCUT2D eigenvalue weighted by Crippen LogP contribution is 2.23. The van der Waals surface area contributed by atoms with E-state index in [1.54, 1.807) is 24.7 Å². The molecule has 0 aliphatic rings. The average Bonchev–Trinajstić information content (AvgIpc) is 3.39. The lowest BCUT2D eigenvalue weighted by Gasteiger charge is -2.08. The van der Waals surface area contributed by atoms with Crippen LogP contribution in [0.4, 0.5) is 11.8 Å². The summed E-state index contributed by atoms with van der Waals surface area (Å²) in [5.41, 5.74) is 5.26. The summed E-state index contributed by atoms with van der Waals surface area (Å²) in [4.78, 5) is 19.4. The molecule has 0 saturated carbocycles. The molecule has 0 bridgehead atoms. The monoisotopic (exact) mass is 399 g/mol. The van der Waals surface area contributed by atoms with Gasteiger partial charge in [0.25, 0.3) is 0 Å². The summed E-state index contributed by atoms with van der Waals surface area (Å²) in [6, 6.07) is 13.3. The molecule has 0 aliphatic carbocycles. The third kappa shape index (κ3) is 3.75. The maximum absolute atomic E-state index is 9.72. The van der Waals surface area contributed by atoms with Crippen molar-refractivity contribution in [2.45, 2.75) is 13.0 Å². The smallest absolute Gasteiger partial charge is 0.224 e. The maximum Gasteiger partial charge on any atom is 0.224 e. The molecule has 5 N–H and O–H groups in total. The fourth-order valence-corrected chi connectivity index (χ4v) is 3.51. The molecule has 0 saturated heterocycles. The lowest BCUT2D eigenvalue weighted by molar-refractivity contribution is 0.476. The van der Waals surface area contributed by atoms with Gasteiger partial charge >= 0.3 is 0 Å². The molecule has 0 unspecified atom stereocenters. The van der Waals surface area contributed by atoms with Crippen molar-refractivity contribution >= 4 is 33.7 Å². The Labute approximate surface area is 172 Å². The largest absolute Gasteiger partial charge is 0.508 e. The minimum absolute atomic E-state index is 0.269. The standard InChI is InChI=1S/C22H21N7O/c30-16-2-4-18-17(10-16)15(12-25-18)5-7-23-22-24-8-6-21(29-22)26-11-14-1-3-19-20(9-14)28-13-27-19/h1-4,6,8-10,12-13,25,30H,5,7,11H2,(H,27,28)(H2,23,24,26,29). The molecule has 150 valence electrons. The number of fused-ring (bicyclic) bond motifs is 2. The van der Waals surface area contributed by atoms with Crippen molar-refractivity contribution in [3.05, 3.63) is 72.3 Å². The van der Waals surface area contributed by atoms with E-state index in [1.165, 1.54) is 0 Å². The van der Waals surface area contributed by atoms with Crippen LogP contribution in [0.2, 0.25) is 0 Å². The van der Waals surface area contributed by atoms with Gasteiger partial charge in [-0.2, -0.15) is 4.98 Å². The van der Waals surface area contributed by atoms with Gasteiger partial charge in [0.1, 0.15) is 11.6 Å². The van der Waals surface area contributed by atoms with E-state index in [9.17, 15) is 5.11 Å². The molecular formula is C22H21N7O. The van der Waals surface area contributed by atoms with Crippen LogP contribution in [0.1, 0.15) is 11.1 Å². The van der Waals surface area contributed by atoms with Gasteiger partial charge in [0.05, 0.1) is 17.4 Å². The number of hydrogen-bond acceptors (Lipinski definition) is 6. The van der Waals surface area contributed by atoms with Gasteiger partial charge in [-0.25, -0.2) is 9.97 Å². The van der Waals surface area contributed by atoms with Crippen molar-refractivity contribution in [3.63, 3.8) is 0 Å². The Morgan fingerprint density at radius 1 is 0.933 bits per heavy atom. The van der Waals surface area contributed by atoms with E-state index in [0.717, 1.165) is 45.3 Å². The first kappa shape index (κ1) is 18.0. The van der Waals surface area contributed by atoms with Gasteiger partial charge in [0, 0.05) is 36.4 Å². The molecule has 3 heterocycles. The summed E-state index contributed by atoms with van der Waals surface area (Å²) in [5, 5.41) is 17.4. The molecule has 0 atom stereocenters. The molecule has 0 fully saturated rings. The number of hydrogen-bond donors (Lipinski definition) is 5. The molecule has 0 aliphatic heterocycles. The Balaban J connectivity index is 1.19. The summed E-state index contributed by atoms with van der Waals surface area (Å²) < 4.78 is 0. The molecular weight excluding hydrogens is 378 g/mol. The minimum Gasteiger partial charge on any atom is -0.508 e. The number of aromatic nitrogens is 5. The summed E-state index contributed by atoms with van der Waals surface area (Å²) in [6.45, 7) is 1.34. The lowest BCUT2D eigenvalue weighted by Crippen LogP contribution is -2.09. The second kappa shape index (κ2) is 7.75. The van der Waals surface area contributed by atoms with E-state index in [0.29, 0.717) is 19.0 Å². The number of nitrogens with one attached hydrogen (secondary N) is 4. The first-order valence-corrected chi connectivity index (χ1v) is 9.76. The number of rotatable bonds is 7. The van der Waals surface area contributed by atoms with Crippen LogP contribution >= 0.6 is 0 Å². The number of nitrogens with zero attached hydrogens (tertiary/aromatic N) is 3. The van der Waals surface area contributed by atoms with E-state index < -0.39 is 0 Å². The van der Waals surface area contributed by atoms with Crippen LogP contribution in [0.5, 0.6) is 5.75 Å². The van der Waals surface area contributed by atoms with Crippen molar-refractivity contribution in [2.24, 2.45) is 0 Å². The van der Waals surface area contributed by atoms with Gasteiger partial charge in [0.15, 0.2) is 0 Å². The second-order valence-electron chi connectivity index (χ2n) is 7.09. The van der Waals surface area contributed by atoms with Crippen molar-refractivity contribution < 1.29 is 5.11 Å². The average molecular weight is 399 g/mol. The second-order valence-corrected chi connectivity index (χ2v) is 7.09. The van der Waals surface area contributed by atoms with Gasteiger partial charge in [-0.1, -0.05) is 6.07 Å². The molecule has 8 heteroatoms. The normalized spacial score (nSPS) is 11.2. The predicted molar refractivity (Wildman–Crippen MR) is 118 cm³/mol. The number of benzene rings is 2. The molecule has 5 aromatic rings. The van der Waals surface area contributed by atoms with Crippen molar-refractivity contribution in [1.29, 1.82) is 0 Å². The highest BCUT2D eigenvalue weighted by Gasteiger charge is 2.06. The predicted octanol–water partition coefficient (Wildman–Crippen LogP) is 3.81. The summed E-state index contributed by atoms with van der Waals surface area (Å²) >= 11 is 0. The van der Waals surface area contributed by atoms with Crippen LogP contribution in [0, 0.1) is 0 Å². The molecule has 2 aromatic carbocycles. The van der Waals surface area contributed by atoms with Crippen LogP contribution < -0.4 is 10.6 Å². The van der Waals surface area contributed by atoms with Crippen LogP contribution in [-0.4, -0.2) is 36.6 Å². The number of aromatic hydroxyl groups is 1. The Morgan fingerprint density at radius 3 is 2.87 bits per heavy atom. The zero-order valence-electron chi connectivity index (χ0n) is 16.2. The zero-order chi connectivity index (χ0) is 20.3. The Bertz CT molecular complexity index is 1310. The molecule has 5 rings (SSSR count). The van der Waals surface area contributed by atoms with E-state index in [-0.39, 0.29) is 5.75 Å². The highest BCUT2D eigenvalue weighted by molar-refractivity contribution is 5.84. The summed E-state index contributed by atoms with van der Waals surface area (Å²) in [7, 11) is 0. The number of aromatic amines is 2. The first-order chi connectivity index (χ1) is 14.7. The molecule has 8 nitrogen and oxygen atoms in total. The molecule has 3 aromatic heterocycles. The third-order valence-corrected chi connectivity index (χ3v) is 5.04. The fourth-order valence-electron chi connectivity index (χ4n) is 3.51. The van der Waals surface area contributed by atoms with E-state index >= 15 is 0 Å². The zero-order valence-corrected chi connectivity index (χ0v) is 16.2. The number of phenols is 1. The van der Waals surface area contributed by atoms with E-state index in [4.69, 9.17) is 0 Å². The van der Waals surface area contributed by atoms with Crippen LogP contribution in [0.25, 0.3) is 21.9 Å². The van der Waals surface area contributed by atoms with Gasteiger partial charge in [-0.05, 0) is 53.9 Å². The first-order valence-electron chi connectivity index (χ1n) is 9.76. The van der Waals surface area contributed by atoms with Crippen molar-refractivity contribution in [2.75, 3.05) is 17.2 Å². The van der Waals surface area contributed by atoms with Crippen molar-refractivity contribution in [3.8, 4) is 5.75 Å². The number of imidazole rings is 1. The van der Waals surface area contributed by atoms with Gasteiger partial charge in [-0.15, -0.1) is 0 Å². The summed E-state index contributed by atoms with van der Waals surface area (Å²) in [5.74, 6) is 1.60. The van der Waals surface area contributed by atoms with E-state index in [1.807, 2.05) is 24.4 Å². The topological polar surface area (TPSA) is 115 Å². The third-order valence-electron chi connectivity index (χ3n) is 5.04. The molecule has 0 amide bonds. The van der Waals surface area contributed by atoms with Gasteiger partial charge in [-0.3, -0.25) is 0 Å². The Kier molecular flexibility index (Phi) is 4.65. The number of anilines is 2. The fraction of sp³-hybridized carbons (Fsp3) is 0.136.